The van der Waals surface area contributed by atoms with Crippen LogP contribution in [0.3, 0.4) is 0 Å². The van der Waals surface area contributed by atoms with Gasteiger partial charge in [-0.15, -0.1) is 11.8 Å². The lowest BCUT2D eigenvalue weighted by Gasteiger charge is -2.18. The number of hydrogen-bond donors (Lipinski definition) is 1. The smallest absolute Gasteiger partial charge is 0.119 e. The van der Waals surface area contributed by atoms with Crippen LogP contribution in [0.2, 0.25) is 0 Å². The third kappa shape index (κ3) is 4.26. The van der Waals surface area contributed by atoms with Gasteiger partial charge in [0.05, 0.1) is 12.6 Å². The quantitative estimate of drug-likeness (QED) is 0.760. The molecular formula is C18H23NOS. The van der Waals surface area contributed by atoms with Gasteiger partial charge in [0.15, 0.2) is 0 Å². The Balaban J connectivity index is 2.24. The maximum atomic E-state index is 5.60. The third-order valence-electron chi connectivity index (χ3n) is 3.32. The van der Waals surface area contributed by atoms with Gasteiger partial charge >= 0.3 is 0 Å². The van der Waals surface area contributed by atoms with Gasteiger partial charge in [0.1, 0.15) is 5.75 Å². The van der Waals surface area contributed by atoms with E-state index in [1.54, 1.807) is 0 Å². The molecule has 0 aliphatic rings. The molecule has 0 heterocycles. The zero-order valence-corrected chi connectivity index (χ0v) is 13.7. The lowest BCUT2D eigenvalue weighted by Crippen LogP contribution is -2.17. The first-order chi connectivity index (χ1) is 10.3. The Kier molecular flexibility index (Phi) is 6.15. The molecule has 0 spiro atoms. The van der Waals surface area contributed by atoms with E-state index in [0.29, 0.717) is 6.61 Å². The minimum absolute atomic E-state index is 0.186. The predicted molar refractivity (Wildman–Crippen MR) is 91.4 cm³/mol. The minimum Gasteiger partial charge on any atom is -0.494 e. The van der Waals surface area contributed by atoms with Gasteiger partial charge in [0.2, 0.25) is 0 Å². The maximum Gasteiger partial charge on any atom is 0.119 e. The van der Waals surface area contributed by atoms with Crippen LogP contribution in [-0.2, 0) is 0 Å². The van der Waals surface area contributed by atoms with Crippen molar-refractivity contribution in [3.8, 4) is 5.75 Å². The molecule has 0 radical (unpaired) electrons. The lowest BCUT2D eigenvalue weighted by atomic mass is 9.99. The first-order valence-corrected chi connectivity index (χ1v) is 8.39. The molecule has 0 saturated carbocycles. The summed E-state index contributed by atoms with van der Waals surface area (Å²) in [5.41, 5.74) is 2.49. The zero-order chi connectivity index (χ0) is 15.1. The van der Waals surface area contributed by atoms with Crippen molar-refractivity contribution >= 4 is 11.8 Å². The molecule has 1 unspecified atom stereocenters. The normalized spacial score (nSPS) is 12.1. The predicted octanol–water partition coefficient (Wildman–Crippen LogP) is 4.51. The van der Waals surface area contributed by atoms with Crippen molar-refractivity contribution in [1.82, 2.24) is 5.32 Å². The van der Waals surface area contributed by atoms with Gasteiger partial charge in [-0.3, -0.25) is 0 Å². The number of rotatable bonds is 7. The first kappa shape index (κ1) is 15.9. The van der Waals surface area contributed by atoms with E-state index in [-0.39, 0.29) is 6.04 Å². The largest absolute Gasteiger partial charge is 0.494 e. The van der Waals surface area contributed by atoms with Gasteiger partial charge in [0, 0.05) is 4.90 Å². The zero-order valence-electron chi connectivity index (χ0n) is 12.9. The molecule has 2 rings (SSSR count). The summed E-state index contributed by atoms with van der Waals surface area (Å²) in [6, 6.07) is 17.3. The topological polar surface area (TPSA) is 21.3 Å². The van der Waals surface area contributed by atoms with Crippen LogP contribution in [0, 0.1) is 0 Å². The fourth-order valence-corrected chi connectivity index (χ4v) is 3.06. The number of ether oxygens (including phenoxy) is 1. The van der Waals surface area contributed by atoms with Crippen LogP contribution >= 0.6 is 11.8 Å². The average Bonchev–Trinajstić information content (AvgIpc) is 2.51. The number of hydrogen-bond acceptors (Lipinski definition) is 3. The van der Waals surface area contributed by atoms with E-state index in [0.717, 1.165) is 11.5 Å². The highest BCUT2D eigenvalue weighted by Gasteiger charge is 2.12. The summed E-state index contributed by atoms with van der Waals surface area (Å²) in [5, 5.41) is 3.39. The molecule has 1 atom stereocenters. The van der Waals surface area contributed by atoms with Crippen molar-refractivity contribution in [3.63, 3.8) is 0 Å². The van der Waals surface area contributed by atoms with Crippen molar-refractivity contribution in [2.24, 2.45) is 0 Å². The third-order valence-corrected chi connectivity index (χ3v) is 4.21. The van der Waals surface area contributed by atoms with Crippen molar-refractivity contribution in [3.05, 3.63) is 59.7 Å². The van der Waals surface area contributed by atoms with E-state index in [4.69, 9.17) is 4.74 Å². The van der Waals surface area contributed by atoms with E-state index >= 15 is 0 Å². The molecule has 0 saturated heterocycles. The average molecular weight is 301 g/mol. The maximum absolute atomic E-state index is 5.60. The van der Waals surface area contributed by atoms with Crippen molar-refractivity contribution in [2.45, 2.75) is 24.8 Å². The van der Waals surface area contributed by atoms with Crippen LogP contribution in [0.5, 0.6) is 5.75 Å². The van der Waals surface area contributed by atoms with Gasteiger partial charge in [-0.2, -0.15) is 0 Å². The lowest BCUT2D eigenvalue weighted by molar-refractivity contribution is 0.339. The molecule has 0 fully saturated rings. The Hall–Kier alpha value is -1.45. The molecule has 3 heteroatoms. The molecule has 21 heavy (non-hydrogen) atoms. The first-order valence-electron chi connectivity index (χ1n) is 7.41. The molecule has 2 aromatic rings. The Labute approximate surface area is 131 Å². The van der Waals surface area contributed by atoms with E-state index in [2.05, 4.69) is 48.6 Å². The number of thioether (sulfide) groups is 1. The molecule has 0 bridgehead atoms. The Morgan fingerprint density at radius 1 is 1.05 bits per heavy atom. The summed E-state index contributed by atoms with van der Waals surface area (Å²) < 4.78 is 5.60. The summed E-state index contributed by atoms with van der Waals surface area (Å²) in [5.74, 6) is 2.03. The monoisotopic (exact) mass is 301 g/mol. The second-order valence-electron chi connectivity index (χ2n) is 4.73. The molecular weight excluding hydrogens is 278 g/mol. The summed E-state index contributed by atoms with van der Waals surface area (Å²) in [4.78, 5) is 1.32. The Bertz CT molecular complexity index is 553. The summed E-state index contributed by atoms with van der Waals surface area (Å²) >= 11 is 1.87. The Morgan fingerprint density at radius 3 is 2.43 bits per heavy atom. The molecule has 112 valence electrons. The Morgan fingerprint density at radius 2 is 1.81 bits per heavy atom. The van der Waals surface area contributed by atoms with Crippen LogP contribution in [0.25, 0.3) is 0 Å². The molecule has 2 aromatic carbocycles. The molecule has 0 aromatic heterocycles. The van der Waals surface area contributed by atoms with Crippen LogP contribution in [0.15, 0.2) is 53.4 Å². The van der Waals surface area contributed by atoms with E-state index in [1.165, 1.54) is 16.0 Å². The fraction of sp³-hybridized carbons (Fsp3) is 0.333. The SMILES string of the molecule is CCOc1cccc(C(NC)c2ccc(SCC)cc2)c1. The van der Waals surface area contributed by atoms with Crippen LogP contribution in [0.1, 0.15) is 31.0 Å². The number of benzene rings is 2. The molecule has 2 nitrogen and oxygen atoms in total. The highest BCUT2D eigenvalue weighted by Crippen LogP contribution is 2.27. The van der Waals surface area contributed by atoms with Crippen molar-refractivity contribution < 1.29 is 4.74 Å². The van der Waals surface area contributed by atoms with Crippen LogP contribution in [-0.4, -0.2) is 19.4 Å². The van der Waals surface area contributed by atoms with Crippen molar-refractivity contribution in [2.75, 3.05) is 19.4 Å². The molecule has 0 aliphatic carbocycles. The number of nitrogens with one attached hydrogen (secondary N) is 1. The van der Waals surface area contributed by atoms with E-state index in [1.807, 2.05) is 37.9 Å². The molecule has 1 N–H and O–H groups in total. The van der Waals surface area contributed by atoms with Crippen molar-refractivity contribution in [1.29, 1.82) is 0 Å². The second-order valence-corrected chi connectivity index (χ2v) is 6.07. The van der Waals surface area contributed by atoms with Gasteiger partial charge in [0.25, 0.3) is 0 Å². The highest BCUT2D eigenvalue weighted by molar-refractivity contribution is 7.99. The van der Waals surface area contributed by atoms with Crippen LogP contribution in [0.4, 0.5) is 0 Å². The van der Waals surface area contributed by atoms with Gasteiger partial charge in [-0.25, -0.2) is 0 Å². The van der Waals surface area contributed by atoms with Gasteiger partial charge in [-0.05, 0) is 55.1 Å². The minimum atomic E-state index is 0.186. The van der Waals surface area contributed by atoms with E-state index in [9.17, 15) is 0 Å². The summed E-state index contributed by atoms with van der Waals surface area (Å²) in [6.45, 7) is 4.87. The summed E-state index contributed by atoms with van der Waals surface area (Å²) in [7, 11) is 1.99. The fourth-order valence-electron chi connectivity index (χ4n) is 2.40. The standard InChI is InChI=1S/C18H23NOS/c1-4-20-16-8-6-7-15(13-16)18(19-3)14-9-11-17(12-10-14)21-5-2/h6-13,18-19H,4-5H2,1-3H3. The van der Waals surface area contributed by atoms with Gasteiger partial charge in [-0.1, -0.05) is 31.2 Å². The molecule has 0 aliphatic heterocycles. The van der Waals surface area contributed by atoms with E-state index < -0.39 is 0 Å². The highest BCUT2D eigenvalue weighted by atomic mass is 32.2. The van der Waals surface area contributed by atoms with Gasteiger partial charge < -0.3 is 10.1 Å². The second kappa shape index (κ2) is 8.11. The van der Waals surface area contributed by atoms with Crippen LogP contribution < -0.4 is 10.1 Å². The molecule has 0 amide bonds. The summed E-state index contributed by atoms with van der Waals surface area (Å²) in [6.07, 6.45) is 0.